The van der Waals surface area contributed by atoms with E-state index in [0.29, 0.717) is 37.5 Å². The number of carbonyl (C=O) groups is 4. The Morgan fingerprint density at radius 2 is 0.587 bits per heavy atom. The molecule has 3 unspecified atom stereocenters. The van der Waals surface area contributed by atoms with Crippen molar-refractivity contribution in [3.8, 4) is 0 Å². The third kappa shape index (κ3) is 66.2. The summed E-state index contributed by atoms with van der Waals surface area (Å²) in [6.07, 6.45) is 51.1. The van der Waals surface area contributed by atoms with Crippen molar-refractivity contribution in [1.29, 1.82) is 0 Å². The van der Waals surface area contributed by atoms with Gasteiger partial charge >= 0.3 is 39.5 Å². The highest BCUT2D eigenvalue weighted by Crippen LogP contribution is 2.45. The Kier molecular flexibility index (Phi) is 61.6. The van der Waals surface area contributed by atoms with Crippen LogP contribution >= 0.6 is 15.6 Å². The molecule has 0 saturated carbocycles. The van der Waals surface area contributed by atoms with E-state index in [4.69, 9.17) is 37.0 Å². The second-order valence-electron chi connectivity index (χ2n) is 27.1. The van der Waals surface area contributed by atoms with E-state index in [2.05, 4.69) is 72.8 Å². The number of rotatable bonds is 69. The number of phosphoric ester groups is 2. The summed E-state index contributed by atoms with van der Waals surface area (Å²) in [7, 11) is -9.92. The molecule has 0 amide bonds. The van der Waals surface area contributed by atoms with Crippen LogP contribution in [0.1, 0.15) is 344 Å². The molecule has 0 aliphatic heterocycles. The van der Waals surface area contributed by atoms with Crippen LogP contribution in [0.2, 0.25) is 0 Å². The molecule has 0 aromatic heterocycles. The van der Waals surface area contributed by atoms with Gasteiger partial charge in [-0.2, -0.15) is 0 Å². The van der Waals surface area contributed by atoms with Gasteiger partial charge in [0.25, 0.3) is 0 Å². The van der Waals surface area contributed by atoms with Crippen LogP contribution in [-0.4, -0.2) is 96.7 Å². The Balaban J connectivity index is 5.24. The van der Waals surface area contributed by atoms with Gasteiger partial charge in [-0.05, 0) is 69.1 Å². The van der Waals surface area contributed by atoms with E-state index in [9.17, 15) is 43.2 Å². The van der Waals surface area contributed by atoms with Crippen molar-refractivity contribution in [2.45, 2.75) is 362 Å². The zero-order valence-corrected chi connectivity index (χ0v) is 61.3. The number of hydrogen-bond donors (Lipinski definition) is 3. The molecule has 0 aromatic rings. The van der Waals surface area contributed by atoms with Crippen molar-refractivity contribution in [1.82, 2.24) is 0 Å². The monoisotopic (exact) mass is 1350 g/mol. The number of hydrogen-bond acceptors (Lipinski definition) is 15. The lowest BCUT2D eigenvalue weighted by Crippen LogP contribution is -2.30. The highest BCUT2D eigenvalue weighted by atomic mass is 31.2. The van der Waals surface area contributed by atoms with Gasteiger partial charge in [0.05, 0.1) is 26.4 Å². The van der Waals surface area contributed by atoms with Crippen LogP contribution in [0.25, 0.3) is 0 Å². The van der Waals surface area contributed by atoms with Crippen molar-refractivity contribution in [3.63, 3.8) is 0 Å². The number of aliphatic hydroxyl groups is 1. The maximum absolute atomic E-state index is 13.0. The van der Waals surface area contributed by atoms with Crippen molar-refractivity contribution in [2.24, 2.45) is 17.8 Å². The van der Waals surface area contributed by atoms with Gasteiger partial charge in [-0.25, -0.2) is 9.13 Å². The molecule has 542 valence electrons. The zero-order valence-electron chi connectivity index (χ0n) is 59.5. The topological polar surface area (TPSA) is 237 Å². The predicted octanol–water partition coefficient (Wildman–Crippen LogP) is 20.6. The molecular weight excluding hydrogens is 1210 g/mol. The number of carbonyl (C=O) groups excluding carboxylic acids is 4. The summed E-state index contributed by atoms with van der Waals surface area (Å²) in [5.74, 6) is 0.0166. The smallest absolute Gasteiger partial charge is 0.462 e. The summed E-state index contributed by atoms with van der Waals surface area (Å²) in [6, 6.07) is 0. The Morgan fingerprint density at radius 1 is 0.337 bits per heavy atom. The molecule has 5 atom stereocenters. The number of phosphoric acid groups is 2. The molecule has 17 nitrogen and oxygen atoms in total. The molecule has 0 spiro atoms. The number of esters is 4. The minimum Gasteiger partial charge on any atom is -0.462 e. The first-order valence-corrected chi connectivity index (χ1v) is 40.2. The van der Waals surface area contributed by atoms with E-state index in [0.717, 1.165) is 115 Å². The molecule has 0 bridgehead atoms. The van der Waals surface area contributed by atoms with Crippen molar-refractivity contribution in [3.05, 3.63) is 24.3 Å². The Labute approximate surface area is 561 Å². The number of unbranched alkanes of at least 4 members (excludes halogenated alkanes) is 34. The normalized spacial score (nSPS) is 14.3. The van der Waals surface area contributed by atoms with Crippen molar-refractivity contribution >= 4 is 39.5 Å². The quantitative estimate of drug-likeness (QED) is 0.0169. The van der Waals surface area contributed by atoms with Gasteiger partial charge in [0.15, 0.2) is 12.2 Å². The van der Waals surface area contributed by atoms with Gasteiger partial charge in [0.1, 0.15) is 19.3 Å². The molecule has 0 heterocycles. The summed E-state index contributed by atoms with van der Waals surface area (Å²) in [4.78, 5) is 72.5. The fourth-order valence-corrected chi connectivity index (χ4v) is 12.1. The van der Waals surface area contributed by atoms with Crippen LogP contribution in [0.4, 0.5) is 0 Å². The van der Waals surface area contributed by atoms with E-state index < -0.39 is 97.5 Å². The molecule has 0 aromatic carbocycles. The number of allylic oxidation sites excluding steroid dienone is 4. The lowest BCUT2D eigenvalue weighted by molar-refractivity contribution is -0.161. The molecule has 19 heteroatoms. The van der Waals surface area contributed by atoms with Crippen molar-refractivity contribution in [2.75, 3.05) is 39.6 Å². The molecule has 92 heavy (non-hydrogen) atoms. The maximum atomic E-state index is 13.0. The van der Waals surface area contributed by atoms with Crippen LogP contribution < -0.4 is 0 Å². The fraction of sp³-hybridized carbons (Fsp3) is 0.890. The molecule has 0 saturated heterocycles. The van der Waals surface area contributed by atoms with Gasteiger partial charge in [-0.1, -0.05) is 291 Å². The first-order chi connectivity index (χ1) is 44.2. The first kappa shape index (κ1) is 89.5. The van der Waals surface area contributed by atoms with Crippen molar-refractivity contribution < 1.29 is 80.2 Å². The number of aliphatic hydroxyl groups excluding tert-OH is 1. The van der Waals surface area contributed by atoms with Crippen LogP contribution in [-0.2, 0) is 65.4 Å². The SMILES string of the molecule is CCCCCC/C=C\C=C/CCCCCCCC(=O)O[C@H](COC(=O)CCCCCCCCCCCCCCCCCC(C)C)COP(=O)(O)OCC(O)COP(=O)(O)OC[C@@H](COC(=O)CCCCCCCCCC(C)C)OC(=O)CCCCCCCCC(C)C. The summed E-state index contributed by atoms with van der Waals surface area (Å²) < 4.78 is 68.3. The minimum atomic E-state index is -4.96. The van der Waals surface area contributed by atoms with Crippen LogP contribution in [0.3, 0.4) is 0 Å². The van der Waals surface area contributed by atoms with Gasteiger partial charge in [0, 0.05) is 25.7 Å². The Bertz CT molecular complexity index is 1890. The predicted molar refractivity (Wildman–Crippen MR) is 372 cm³/mol. The molecule has 0 fully saturated rings. The standard InChI is InChI=1S/C73H138O17P2/c1-8-9-10-11-12-13-14-15-17-22-25-28-33-42-49-56-72(77)89-68(60-83-70(75)54-47-40-32-27-24-21-19-16-18-20-23-26-30-37-44-51-64(2)3)62-87-91(79,80)85-58-67(74)59-86-92(81,82)88-63-69(90-73(78)57-50-43-36-35-39-46-53-66(6)7)61-84-71(76)55-48-41-34-29-31-38-45-52-65(4)5/h13-15,17,64-69,74H,8-12,16,18-63H2,1-7H3,(H,79,80)(H,81,82)/b14-13-,17-15-/t67?,68-,69-/m1/s1. The third-order valence-electron chi connectivity index (χ3n) is 16.3. The van der Waals surface area contributed by atoms with E-state index in [1.54, 1.807) is 0 Å². The third-order valence-corrected chi connectivity index (χ3v) is 18.2. The molecule has 0 rings (SSSR count). The zero-order chi connectivity index (χ0) is 68.0. The average Bonchev–Trinajstić information content (AvgIpc) is 2.05. The first-order valence-electron chi connectivity index (χ1n) is 37.2. The highest BCUT2D eigenvalue weighted by Gasteiger charge is 2.30. The number of ether oxygens (including phenoxy) is 4. The second kappa shape index (κ2) is 63.3. The summed E-state index contributed by atoms with van der Waals surface area (Å²) in [5.41, 5.74) is 0. The lowest BCUT2D eigenvalue weighted by Gasteiger charge is -2.21. The molecule has 0 aliphatic rings. The highest BCUT2D eigenvalue weighted by molar-refractivity contribution is 7.47. The lowest BCUT2D eigenvalue weighted by atomic mass is 10.0. The summed E-state index contributed by atoms with van der Waals surface area (Å²) in [5, 5.41) is 10.6. The fourth-order valence-electron chi connectivity index (χ4n) is 10.5. The van der Waals surface area contributed by atoms with Crippen LogP contribution in [0, 0.1) is 17.8 Å². The van der Waals surface area contributed by atoms with E-state index in [-0.39, 0.29) is 25.7 Å². The van der Waals surface area contributed by atoms with Gasteiger partial charge in [0.2, 0.25) is 0 Å². The summed E-state index contributed by atoms with van der Waals surface area (Å²) in [6.45, 7) is 11.7. The molecular formula is C73H138O17P2. The minimum absolute atomic E-state index is 0.0847. The maximum Gasteiger partial charge on any atom is 0.472 e. The average molecular weight is 1350 g/mol. The Hall–Kier alpha value is -2.46. The van der Waals surface area contributed by atoms with E-state index in [1.807, 2.05) is 0 Å². The van der Waals surface area contributed by atoms with Crippen LogP contribution in [0.15, 0.2) is 24.3 Å². The van der Waals surface area contributed by atoms with Gasteiger partial charge < -0.3 is 33.8 Å². The van der Waals surface area contributed by atoms with E-state index in [1.165, 1.54) is 135 Å². The van der Waals surface area contributed by atoms with E-state index >= 15 is 0 Å². The second-order valence-corrected chi connectivity index (χ2v) is 30.0. The van der Waals surface area contributed by atoms with Gasteiger partial charge in [-0.3, -0.25) is 37.3 Å². The molecule has 3 N–H and O–H groups in total. The summed E-state index contributed by atoms with van der Waals surface area (Å²) >= 11 is 0. The van der Waals surface area contributed by atoms with Gasteiger partial charge in [-0.15, -0.1) is 0 Å². The van der Waals surface area contributed by atoms with Crippen LogP contribution in [0.5, 0.6) is 0 Å². The largest absolute Gasteiger partial charge is 0.472 e. The molecule has 0 radical (unpaired) electrons. The molecule has 0 aliphatic carbocycles. The Morgan fingerprint density at radius 3 is 0.880 bits per heavy atom.